The van der Waals surface area contributed by atoms with Crippen molar-refractivity contribution in [2.24, 2.45) is 0 Å². The molecule has 1 aromatic heterocycles. The topological polar surface area (TPSA) is 103 Å². The molecule has 2 N–H and O–H groups in total. The highest BCUT2D eigenvalue weighted by Crippen LogP contribution is 2.32. The number of carbonyl (C=O) groups excluding carboxylic acids is 3. The fourth-order valence-electron chi connectivity index (χ4n) is 1.87. The second-order valence-corrected chi connectivity index (χ2v) is 5.57. The zero-order valence-corrected chi connectivity index (χ0v) is 13.1. The van der Waals surface area contributed by atoms with Crippen LogP contribution in [-0.2, 0) is 9.53 Å². The Morgan fingerprint density at radius 1 is 1.12 bits per heavy atom. The molecule has 124 valence electrons. The Kier molecular flexibility index (Phi) is 4.62. The van der Waals surface area contributed by atoms with E-state index in [4.69, 9.17) is 14.2 Å². The average Bonchev–Trinajstić information content (AvgIpc) is 3.27. The molecule has 1 aliphatic heterocycles. The number of benzene rings is 1. The first-order valence-corrected chi connectivity index (χ1v) is 7.71. The van der Waals surface area contributed by atoms with Crippen LogP contribution in [0.1, 0.15) is 20.0 Å². The second kappa shape index (κ2) is 7.01. The van der Waals surface area contributed by atoms with Crippen LogP contribution in [0.3, 0.4) is 0 Å². The summed E-state index contributed by atoms with van der Waals surface area (Å²) in [5.74, 6) is -0.805. The molecule has 0 saturated heterocycles. The number of ether oxygens (including phenoxy) is 3. The van der Waals surface area contributed by atoms with Crippen molar-refractivity contribution in [3.8, 4) is 11.5 Å². The number of fused-ring (bicyclic) bond motifs is 1. The summed E-state index contributed by atoms with van der Waals surface area (Å²) in [7, 11) is 0. The Labute approximate surface area is 140 Å². The molecule has 0 radical (unpaired) electrons. The van der Waals surface area contributed by atoms with Crippen LogP contribution in [-0.4, -0.2) is 31.2 Å². The van der Waals surface area contributed by atoms with Gasteiger partial charge in [-0.1, -0.05) is 6.07 Å². The molecule has 8 nitrogen and oxygen atoms in total. The first-order valence-electron chi connectivity index (χ1n) is 6.83. The van der Waals surface area contributed by atoms with Gasteiger partial charge in [0, 0.05) is 0 Å². The maximum atomic E-state index is 11.9. The summed E-state index contributed by atoms with van der Waals surface area (Å²) in [5, 5.41) is 1.74. The number of esters is 1. The molecule has 2 aromatic rings. The lowest BCUT2D eigenvalue weighted by Gasteiger charge is -2.07. The molecule has 9 heteroatoms. The third-order valence-corrected chi connectivity index (χ3v) is 3.87. The number of carbonyl (C=O) groups is 3. The van der Waals surface area contributed by atoms with Crippen LogP contribution in [0.2, 0.25) is 0 Å². The minimum absolute atomic E-state index is 0.0974. The van der Waals surface area contributed by atoms with Gasteiger partial charge in [-0.15, -0.1) is 11.3 Å². The SMILES string of the molecule is O=C(COC(=O)c1ccc2c(c1)OCO2)NNC(=O)c1cccs1. The Balaban J connectivity index is 1.45. The van der Waals surface area contributed by atoms with Crippen molar-refractivity contribution >= 4 is 29.1 Å². The highest BCUT2D eigenvalue weighted by molar-refractivity contribution is 7.12. The van der Waals surface area contributed by atoms with E-state index in [1.165, 1.54) is 23.5 Å². The van der Waals surface area contributed by atoms with Crippen molar-refractivity contribution in [3.05, 3.63) is 46.2 Å². The molecule has 0 bridgehead atoms. The van der Waals surface area contributed by atoms with Gasteiger partial charge in [0.05, 0.1) is 10.4 Å². The summed E-state index contributed by atoms with van der Waals surface area (Å²) in [6, 6.07) is 7.90. The summed E-state index contributed by atoms with van der Waals surface area (Å²) in [5.41, 5.74) is 4.62. The number of rotatable bonds is 4. The molecule has 0 saturated carbocycles. The standard InChI is InChI=1S/C15H12N2O6S/c18-13(16-17-14(19)12-2-1-5-24-12)7-21-15(20)9-3-4-10-11(6-9)23-8-22-10/h1-6H,7-8H2,(H,16,18)(H,17,19). The van der Waals surface area contributed by atoms with Gasteiger partial charge in [-0.25, -0.2) is 4.79 Å². The predicted molar refractivity (Wildman–Crippen MR) is 82.8 cm³/mol. The van der Waals surface area contributed by atoms with Gasteiger partial charge in [0.25, 0.3) is 11.8 Å². The van der Waals surface area contributed by atoms with Gasteiger partial charge in [-0.05, 0) is 29.6 Å². The van der Waals surface area contributed by atoms with Gasteiger partial charge >= 0.3 is 5.97 Å². The molecule has 1 aliphatic rings. The van der Waals surface area contributed by atoms with Crippen LogP contribution in [0.25, 0.3) is 0 Å². The molecule has 0 atom stereocenters. The van der Waals surface area contributed by atoms with E-state index in [0.29, 0.717) is 16.4 Å². The third-order valence-electron chi connectivity index (χ3n) is 3.00. The number of hydrogen-bond acceptors (Lipinski definition) is 7. The highest BCUT2D eigenvalue weighted by atomic mass is 32.1. The normalized spacial score (nSPS) is 11.7. The lowest BCUT2D eigenvalue weighted by molar-refractivity contribution is -0.125. The van der Waals surface area contributed by atoms with Crippen molar-refractivity contribution < 1.29 is 28.6 Å². The molecule has 0 fully saturated rings. The quantitative estimate of drug-likeness (QED) is 0.633. The van der Waals surface area contributed by atoms with Crippen LogP contribution >= 0.6 is 11.3 Å². The van der Waals surface area contributed by atoms with E-state index >= 15 is 0 Å². The lowest BCUT2D eigenvalue weighted by Crippen LogP contribution is -2.43. The van der Waals surface area contributed by atoms with Crippen LogP contribution in [0.5, 0.6) is 11.5 Å². The fraction of sp³-hybridized carbons (Fsp3) is 0.133. The van der Waals surface area contributed by atoms with Crippen LogP contribution < -0.4 is 20.3 Å². The van der Waals surface area contributed by atoms with Crippen molar-refractivity contribution in [1.82, 2.24) is 10.9 Å². The molecule has 2 amide bonds. The smallest absolute Gasteiger partial charge is 0.338 e. The number of hydrazine groups is 1. The van der Waals surface area contributed by atoms with Crippen molar-refractivity contribution in [3.63, 3.8) is 0 Å². The van der Waals surface area contributed by atoms with E-state index in [-0.39, 0.29) is 12.4 Å². The number of thiophene rings is 1. The summed E-state index contributed by atoms with van der Waals surface area (Å²) < 4.78 is 15.2. The summed E-state index contributed by atoms with van der Waals surface area (Å²) in [6.07, 6.45) is 0. The minimum Gasteiger partial charge on any atom is -0.454 e. The Hall–Kier alpha value is -3.07. The molecule has 0 aliphatic carbocycles. The first-order chi connectivity index (χ1) is 11.6. The molecular weight excluding hydrogens is 336 g/mol. The summed E-state index contributed by atoms with van der Waals surface area (Å²) in [4.78, 5) is 35.6. The van der Waals surface area contributed by atoms with Crippen LogP contribution in [0, 0.1) is 0 Å². The van der Waals surface area contributed by atoms with E-state index in [1.54, 1.807) is 23.6 Å². The van der Waals surface area contributed by atoms with E-state index in [9.17, 15) is 14.4 Å². The molecule has 0 unspecified atom stereocenters. The molecule has 0 spiro atoms. The highest BCUT2D eigenvalue weighted by Gasteiger charge is 2.17. The zero-order valence-electron chi connectivity index (χ0n) is 12.2. The number of amides is 2. The molecule has 2 heterocycles. The summed E-state index contributed by atoms with van der Waals surface area (Å²) in [6.45, 7) is -0.432. The maximum Gasteiger partial charge on any atom is 0.338 e. The van der Waals surface area contributed by atoms with Crippen molar-refractivity contribution in [2.75, 3.05) is 13.4 Å². The minimum atomic E-state index is -0.687. The van der Waals surface area contributed by atoms with Crippen LogP contribution in [0.15, 0.2) is 35.7 Å². The molecule has 1 aromatic carbocycles. The molecular formula is C15H12N2O6S. The van der Waals surface area contributed by atoms with Gasteiger partial charge in [-0.3, -0.25) is 20.4 Å². The number of hydrogen-bond donors (Lipinski definition) is 2. The van der Waals surface area contributed by atoms with Gasteiger partial charge in [0.2, 0.25) is 6.79 Å². The zero-order chi connectivity index (χ0) is 16.9. The number of nitrogens with one attached hydrogen (secondary N) is 2. The van der Waals surface area contributed by atoms with E-state index in [0.717, 1.165) is 0 Å². The van der Waals surface area contributed by atoms with Crippen molar-refractivity contribution in [2.45, 2.75) is 0 Å². The second-order valence-electron chi connectivity index (χ2n) is 4.62. The molecule has 24 heavy (non-hydrogen) atoms. The van der Waals surface area contributed by atoms with E-state index in [2.05, 4.69) is 10.9 Å². The van der Waals surface area contributed by atoms with Crippen molar-refractivity contribution in [1.29, 1.82) is 0 Å². The fourth-order valence-corrected chi connectivity index (χ4v) is 2.49. The van der Waals surface area contributed by atoms with Gasteiger partial charge < -0.3 is 14.2 Å². The van der Waals surface area contributed by atoms with E-state index < -0.39 is 24.4 Å². The van der Waals surface area contributed by atoms with Gasteiger partial charge in [0.15, 0.2) is 18.1 Å². The summed E-state index contributed by atoms with van der Waals surface area (Å²) >= 11 is 1.24. The van der Waals surface area contributed by atoms with E-state index in [1.807, 2.05) is 0 Å². The largest absolute Gasteiger partial charge is 0.454 e. The van der Waals surface area contributed by atoms with Crippen LogP contribution in [0.4, 0.5) is 0 Å². The molecule has 3 rings (SSSR count). The predicted octanol–water partition coefficient (Wildman–Crippen LogP) is 1.09. The Morgan fingerprint density at radius 3 is 2.75 bits per heavy atom. The first kappa shape index (κ1) is 15.8. The third kappa shape index (κ3) is 3.63. The Morgan fingerprint density at radius 2 is 1.96 bits per heavy atom. The average molecular weight is 348 g/mol. The lowest BCUT2D eigenvalue weighted by atomic mass is 10.2. The maximum absolute atomic E-state index is 11.9. The van der Waals surface area contributed by atoms with Gasteiger partial charge in [0.1, 0.15) is 0 Å². The van der Waals surface area contributed by atoms with Gasteiger partial charge in [-0.2, -0.15) is 0 Å². The monoisotopic (exact) mass is 348 g/mol. The Bertz CT molecular complexity index is 774.